The first kappa shape index (κ1) is 15.6. The number of aryl methyl sites for hydroxylation is 1. The maximum Gasteiger partial charge on any atom is 0.271 e. The van der Waals surface area contributed by atoms with E-state index < -0.39 is 0 Å². The van der Waals surface area contributed by atoms with E-state index in [0.29, 0.717) is 13.2 Å². The average molecular weight is 325 g/mol. The summed E-state index contributed by atoms with van der Waals surface area (Å²) >= 11 is 11.6. The number of carbonyl (C=O) groups is 1. The Kier molecular flexibility index (Phi) is 5.42. The summed E-state index contributed by atoms with van der Waals surface area (Å²) in [6, 6.07) is 10.8. The molecule has 0 aliphatic rings. The van der Waals surface area contributed by atoms with Gasteiger partial charge in [0.1, 0.15) is 23.2 Å². The number of carbonyl (C=O) groups excluding carboxylic acids is 1. The van der Waals surface area contributed by atoms with Crippen LogP contribution in [0.5, 0.6) is 5.75 Å². The van der Waals surface area contributed by atoms with Crippen molar-refractivity contribution in [1.29, 1.82) is 0 Å². The standard InChI is InChI=1S/C15H14Cl2N2O2/c1-10-3-2-4-11(9-10)21-8-7-18-15(20)14-12(16)5-6-13(17)19-14/h2-6,9H,7-8H2,1H3,(H,18,20). The van der Waals surface area contributed by atoms with Crippen LogP contribution in [0.2, 0.25) is 10.2 Å². The minimum Gasteiger partial charge on any atom is -0.492 e. The van der Waals surface area contributed by atoms with Crippen molar-refractivity contribution in [2.45, 2.75) is 6.92 Å². The molecule has 0 radical (unpaired) electrons. The monoisotopic (exact) mass is 324 g/mol. The molecule has 21 heavy (non-hydrogen) atoms. The van der Waals surface area contributed by atoms with Gasteiger partial charge >= 0.3 is 0 Å². The van der Waals surface area contributed by atoms with E-state index in [1.807, 2.05) is 31.2 Å². The second-order valence-corrected chi connectivity index (χ2v) is 5.18. The first-order valence-electron chi connectivity index (χ1n) is 6.36. The maximum absolute atomic E-state index is 11.9. The van der Waals surface area contributed by atoms with E-state index in [4.69, 9.17) is 27.9 Å². The van der Waals surface area contributed by atoms with Gasteiger partial charge in [0, 0.05) is 0 Å². The van der Waals surface area contributed by atoms with E-state index in [-0.39, 0.29) is 21.8 Å². The molecule has 0 fully saturated rings. The molecule has 1 aromatic carbocycles. The zero-order chi connectivity index (χ0) is 15.2. The lowest BCUT2D eigenvalue weighted by molar-refractivity contribution is 0.0942. The molecule has 2 rings (SSSR count). The van der Waals surface area contributed by atoms with Gasteiger partial charge in [0.2, 0.25) is 0 Å². The summed E-state index contributed by atoms with van der Waals surface area (Å²) in [7, 11) is 0. The Morgan fingerprint density at radius 2 is 2.10 bits per heavy atom. The highest BCUT2D eigenvalue weighted by molar-refractivity contribution is 6.34. The predicted molar refractivity (Wildman–Crippen MR) is 83.3 cm³/mol. The first-order valence-corrected chi connectivity index (χ1v) is 7.11. The number of rotatable bonds is 5. The topological polar surface area (TPSA) is 51.2 Å². The highest BCUT2D eigenvalue weighted by atomic mass is 35.5. The summed E-state index contributed by atoms with van der Waals surface area (Å²) in [6.45, 7) is 2.69. The number of halogens is 2. The maximum atomic E-state index is 11.9. The molecular weight excluding hydrogens is 311 g/mol. The van der Waals surface area contributed by atoms with Crippen LogP contribution >= 0.6 is 23.2 Å². The van der Waals surface area contributed by atoms with Crippen LogP contribution in [-0.2, 0) is 0 Å². The van der Waals surface area contributed by atoms with Crippen LogP contribution in [0.3, 0.4) is 0 Å². The van der Waals surface area contributed by atoms with Crippen LogP contribution in [0.4, 0.5) is 0 Å². The van der Waals surface area contributed by atoms with E-state index in [9.17, 15) is 4.79 Å². The van der Waals surface area contributed by atoms with E-state index in [1.165, 1.54) is 12.1 Å². The summed E-state index contributed by atoms with van der Waals surface area (Å²) in [5.74, 6) is 0.388. The molecule has 0 saturated carbocycles. The molecule has 0 atom stereocenters. The molecule has 0 aliphatic carbocycles. The van der Waals surface area contributed by atoms with Crippen molar-refractivity contribution in [3.8, 4) is 5.75 Å². The predicted octanol–water partition coefficient (Wildman–Crippen LogP) is 3.51. The largest absolute Gasteiger partial charge is 0.492 e. The fourth-order valence-electron chi connectivity index (χ4n) is 1.70. The van der Waals surface area contributed by atoms with Crippen molar-refractivity contribution < 1.29 is 9.53 Å². The Morgan fingerprint density at radius 3 is 2.86 bits per heavy atom. The first-order chi connectivity index (χ1) is 10.1. The van der Waals surface area contributed by atoms with Crippen LogP contribution in [0.15, 0.2) is 36.4 Å². The number of aromatic nitrogens is 1. The van der Waals surface area contributed by atoms with Crippen LogP contribution in [-0.4, -0.2) is 24.0 Å². The van der Waals surface area contributed by atoms with Gasteiger partial charge in [-0.25, -0.2) is 4.98 Å². The SMILES string of the molecule is Cc1cccc(OCCNC(=O)c2nc(Cl)ccc2Cl)c1. The molecule has 2 aromatic rings. The highest BCUT2D eigenvalue weighted by Gasteiger charge is 2.12. The Labute approximate surface area is 133 Å². The molecule has 4 nitrogen and oxygen atoms in total. The molecule has 6 heteroatoms. The number of nitrogens with one attached hydrogen (secondary N) is 1. The number of hydrogen-bond acceptors (Lipinski definition) is 3. The third-order valence-electron chi connectivity index (χ3n) is 2.67. The highest BCUT2D eigenvalue weighted by Crippen LogP contribution is 2.16. The Hall–Kier alpha value is -1.78. The number of amides is 1. The summed E-state index contributed by atoms with van der Waals surface area (Å²) in [5, 5.41) is 3.17. The van der Waals surface area contributed by atoms with Crippen LogP contribution in [0, 0.1) is 6.92 Å². The van der Waals surface area contributed by atoms with Crippen molar-refractivity contribution in [2.75, 3.05) is 13.2 Å². The fourth-order valence-corrected chi connectivity index (χ4v) is 2.04. The van der Waals surface area contributed by atoms with E-state index >= 15 is 0 Å². The molecule has 0 unspecified atom stereocenters. The van der Waals surface area contributed by atoms with Crippen LogP contribution in [0.1, 0.15) is 16.1 Å². The number of ether oxygens (including phenoxy) is 1. The van der Waals surface area contributed by atoms with E-state index in [1.54, 1.807) is 0 Å². The molecule has 0 spiro atoms. The summed E-state index contributed by atoms with van der Waals surface area (Å²) in [5.41, 5.74) is 1.23. The summed E-state index contributed by atoms with van der Waals surface area (Å²) in [6.07, 6.45) is 0. The van der Waals surface area contributed by atoms with Gasteiger partial charge in [0.15, 0.2) is 0 Å². The Morgan fingerprint density at radius 1 is 1.29 bits per heavy atom. The van der Waals surface area contributed by atoms with Crippen LogP contribution in [0.25, 0.3) is 0 Å². The molecule has 1 heterocycles. The number of hydrogen-bond donors (Lipinski definition) is 1. The summed E-state index contributed by atoms with van der Waals surface area (Å²) < 4.78 is 5.53. The number of pyridine rings is 1. The normalized spacial score (nSPS) is 10.2. The minimum absolute atomic E-state index is 0.111. The Bertz CT molecular complexity index is 647. The molecular formula is C15H14Cl2N2O2. The lowest BCUT2D eigenvalue weighted by Gasteiger charge is -2.08. The minimum atomic E-state index is -0.379. The fraction of sp³-hybridized carbons (Fsp3) is 0.200. The van der Waals surface area contributed by atoms with E-state index in [2.05, 4.69) is 10.3 Å². The lowest BCUT2D eigenvalue weighted by Crippen LogP contribution is -2.29. The molecule has 0 aliphatic heterocycles. The van der Waals surface area contributed by atoms with Gasteiger partial charge in [-0.1, -0.05) is 35.3 Å². The molecule has 1 N–H and O–H groups in total. The van der Waals surface area contributed by atoms with E-state index in [0.717, 1.165) is 11.3 Å². The quantitative estimate of drug-likeness (QED) is 0.676. The van der Waals surface area contributed by atoms with Gasteiger partial charge in [0.05, 0.1) is 11.6 Å². The van der Waals surface area contributed by atoms with Crippen molar-refractivity contribution in [3.05, 3.63) is 57.8 Å². The zero-order valence-corrected chi connectivity index (χ0v) is 12.9. The zero-order valence-electron chi connectivity index (χ0n) is 11.4. The lowest BCUT2D eigenvalue weighted by atomic mass is 10.2. The molecule has 110 valence electrons. The van der Waals surface area contributed by atoms with Gasteiger partial charge in [0.25, 0.3) is 5.91 Å². The molecule has 1 amide bonds. The third kappa shape index (κ3) is 4.62. The van der Waals surface area contributed by atoms with Crippen molar-refractivity contribution in [3.63, 3.8) is 0 Å². The van der Waals surface area contributed by atoms with Crippen molar-refractivity contribution in [1.82, 2.24) is 10.3 Å². The number of benzene rings is 1. The van der Waals surface area contributed by atoms with Gasteiger partial charge in [-0.15, -0.1) is 0 Å². The van der Waals surface area contributed by atoms with Crippen molar-refractivity contribution >= 4 is 29.1 Å². The molecule has 1 aromatic heterocycles. The second-order valence-electron chi connectivity index (χ2n) is 4.39. The Balaban J connectivity index is 1.83. The van der Waals surface area contributed by atoms with Gasteiger partial charge in [-0.2, -0.15) is 0 Å². The average Bonchev–Trinajstić information content (AvgIpc) is 2.46. The smallest absolute Gasteiger partial charge is 0.271 e. The van der Waals surface area contributed by atoms with Gasteiger partial charge < -0.3 is 10.1 Å². The van der Waals surface area contributed by atoms with Crippen LogP contribution < -0.4 is 10.1 Å². The third-order valence-corrected chi connectivity index (χ3v) is 3.19. The molecule has 0 bridgehead atoms. The van der Waals surface area contributed by atoms with Crippen molar-refractivity contribution in [2.24, 2.45) is 0 Å². The number of nitrogens with zero attached hydrogens (tertiary/aromatic N) is 1. The summed E-state index contributed by atoms with van der Waals surface area (Å²) in [4.78, 5) is 15.8. The van der Waals surface area contributed by atoms with Gasteiger partial charge in [-0.05, 0) is 36.8 Å². The second kappa shape index (κ2) is 7.29. The molecule has 0 saturated heterocycles. The van der Waals surface area contributed by atoms with Gasteiger partial charge in [-0.3, -0.25) is 4.79 Å².